The number of benzene rings is 1. The van der Waals surface area contributed by atoms with E-state index in [1.807, 2.05) is 13.0 Å². The SMILES string of the molecule is Cc1ccc(C(C)n2c(CO)n[nH]c2=S)cc1F. The molecule has 1 heterocycles. The number of hydrogen-bond acceptors (Lipinski definition) is 3. The summed E-state index contributed by atoms with van der Waals surface area (Å²) < 4.78 is 15.6. The second-order valence-corrected chi connectivity index (χ2v) is 4.54. The lowest BCUT2D eigenvalue weighted by Gasteiger charge is -2.15. The Labute approximate surface area is 109 Å². The molecule has 0 radical (unpaired) electrons. The van der Waals surface area contributed by atoms with Crippen molar-refractivity contribution < 1.29 is 9.50 Å². The molecular weight excluding hydrogens is 253 g/mol. The van der Waals surface area contributed by atoms with Crippen molar-refractivity contribution in [1.82, 2.24) is 14.8 Å². The second kappa shape index (κ2) is 4.99. The minimum absolute atomic E-state index is 0.187. The maximum Gasteiger partial charge on any atom is 0.195 e. The highest BCUT2D eigenvalue weighted by Crippen LogP contribution is 2.21. The van der Waals surface area contributed by atoms with Gasteiger partial charge in [0.15, 0.2) is 10.6 Å². The number of nitrogens with zero attached hydrogens (tertiary/aromatic N) is 2. The second-order valence-electron chi connectivity index (χ2n) is 4.16. The van der Waals surface area contributed by atoms with Crippen LogP contribution in [0.3, 0.4) is 0 Å². The average Bonchev–Trinajstić information content (AvgIpc) is 2.73. The van der Waals surface area contributed by atoms with Crippen molar-refractivity contribution in [1.29, 1.82) is 0 Å². The summed E-state index contributed by atoms with van der Waals surface area (Å²) in [5.74, 6) is 0.188. The first-order valence-corrected chi connectivity index (χ1v) is 5.98. The number of aromatic nitrogens is 3. The first kappa shape index (κ1) is 12.9. The van der Waals surface area contributed by atoms with Crippen LogP contribution in [-0.2, 0) is 6.61 Å². The normalized spacial score (nSPS) is 12.7. The number of aliphatic hydroxyl groups is 1. The summed E-state index contributed by atoms with van der Waals surface area (Å²) in [5.41, 5.74) is 1.38. The quantitative estimate of drug-likeness (QED) is 0.840. The van der Waals surface area contributed by atoms with Crippen LogP contribution in [0.4, 0.5) is 4.39 Å². The Morgan fingerprint density at radius 2 is 2.28 bits per heavy atom. The van der Waals surface area contributed by atoms with Gasteiger partial charge in [-0.3, -0.25) is 9.67 Å². The van der Waals surface area contributed by atoms with Crippen molar-refractivity contribution in [3.8, 4) is 0 Å². The van der Waals surface area contributed by atoms with Crippen molar-refractivity contribution >= 4 is 12.2 Å². The number of rotatable bonds is 3. The molecule has 2 aromatic rings. The molecule has 0 saturated carbocycles. The molecule has 0 saturated heterocycles. The number of hydrogen-bond donors (Lipinski definition) is 2. The van der Waals surface area contributed by atoms with Crippen LogP contribution in [0.25, 0.3) is 0 Å². The van der Waals surface area contributed by atoms with Crippen LogP contribution in [0.1, 0.15) is 29.9 Å². The van der Waals surface area contributed by atoms with Crippen LogP contribution in [0, 0.1) is 17.5 Å². The lowest BCUT2D eigenvalue weighted by Crippen LogP contribution is -2.11. The van der Waals surface area contributed by atoms with Crippen molar-refractivity contribution in [2.24, 2.45) is 0 Å². The molecule has 1 unspecified atom stereocenters. The molecule has 4 nitrogen and oxygen atoms in total. The smallest absolute Gasteiger partial charge is 0.195 e. The van der Waals surface area contributed by atoms with E-state index in [1.54, 1.807) is 17.6 Å². The zero-order valence-corrected chi connectivity index (χ0v) is 11.0. The van der Waals surface area contributed by atoms with E-state index in [0.717, 1.165) is 5.56 Å². The third kappa shape index (κ3) is 2.21. The summed E-state index contributed by atoms with van der Waals surface area (Å²) in [6.45, 7) is 3.38. The molecule has 0 bridgehead atoms. The van der Waals surface area contributed by atoms with Gasteiger partial charge in [-0.25, -0.2) is 4.39 Å². The van der Waals surface area contributed by atoms with Crippen LogP contribution in [-0.4, -0.2) is 19.9 Å². The van der Waals surface area contributed by atoms with Gasteiger partial charge in [0.1, 0.15) is 12.4 Å². The summed E-state index contributed by atoms with van der Waals surface area (Å²) in [6.07, 6.45) is 0. The van der Waals surface area contributed by atoms with Gasteiger partial charge in [0.25, 0.3) is 0 Å². The fourth-order valence-electron chi connectivity index (χ4n) is 1.87. The summed E-state index contributed by atoms with van der Waals surface area (Å²) in [5, 5.41) is 15.8. The first-order chi connectivity index (χ1) is 8.54. The summed E-state index contributed by atoms with van der Waals surface area (Å²) in [6, 6.07) is 4.87. The molecule has 1 atom stereocenters. The zero-order chi connectivity index (χ0) is 13.3. The van der Waals surface area contributed by atoms with Gasteiger partial charge in [-0.15, -0.1) is 0 Å². The van der Waals surface area contributed by atoms with Gasteiger partial charge in [0.2, 0.25) is 0 Å². The molecule has 0 aliphatic rings. The highest BCUT2D eigenvalue weighted by atomic mass is 32.1. The number of aryl methyl sites for hydroxylation is 1. The molecule has 0 aliphatic heterocycles. The number of halogens is 1. The van der Waals surface area contributed by atoms with Crippen LogP contribution < -0.4 is 0 Å². The fourth-order valence-corrected chi connectivity index (χ4v) is 2.18. The van der Waals surface area contributed by atoms with Crippen LogP contribution in [0.2, 0.25) is 0 Å². The Morgan fingerprint density at radius 1 is 1.56 bits per heavy atom. The molecule has 2 rings (SSSR count). The van der Waals surface area contributed by atoms with E-state index >= 15 is 0 Å². The lowest BCUT2D eigenvalue weighted by atomic mass is 10.1. The van der Waals surface area contributed by atoms with Crippen molar-refractivity contribution in [2.75, 3.05) is 0 Å². The van der Waals surface area contributed by atoms with E-state index in [1.165, 1.54) is 6.07 Å². The van der Waals surface area contributed by atoms with Crippen molar-refractivity contribution in [3.05, 3.63) is 45.7 Å². The van der Waals surface area contributed by atoms with Gasteiger partial charge in [-0.05, 0) is 43.3 Å². The topological polar surface area (TPSA) is 53.8 Å². The monoisotopic (exact) mass is 267 g/mol. The molecule has 2 N–H and O–H groups in total. The maximum atomic E-state index is 13.6. The Morgan fingerprint density at radius 3 is 2.89 bits per heavy atom. The first-order valence-electron chi connectivity index (χ1n) is 5.57. The standard InChI is InChI=1S/C12H14FN3OS/c1-7-3-4-9(5-10(7)13)8(2)16-11(6-17)14-15-12(16)18/h3-5,8,17H,6H2,1-2H3,(H,15,18). The van der Waals surface area contributed by atoms with E-state index in [4.69, 9.17) is 12.2 Å². The van der Waals surface area contributed by atoms with E-state index in [0.29, 0.717) is 16.2 Å². The minimum atomic E-state index is -0.250. The summed E-state index contributed by atoms with van der Waals surface area (Å²) in [4.78, 5) is 0. The molecule has 1 aromatic heterocycles. The summed E-state index contributed by atoms with van der Waals surface area (Å²) >= 11 is 5.11. The van der Waals surface area contributed by atoms with Crippen molar-refractivity contribution in [3.63, 3.8) is 0 Å². The van der Waals surface area contributed by atoms with Crippen LogP contribution in [0.15, 0.2) is 18.2 Å². The largest absolute Gasteiger partial charge is 0.388 e. The Bertz CT molecular complexity index is 620. The molecule has 0 fully saturated rings. The predicted molar refractivity (Wildman–Crippen MR) is 68.3 cm³/mol. The molecule has 6 heteroatoms. The number of aliphatic hydroxyl groups excluding tert-OH is 1. The van der Waals surface area contributed by atoms with E-state index in [2.05, 4.69) is 10.2 Å². The third-order valence-electron chi connectivity index (χ3n) is 2.98. The molecule has 0 aliphatic carbocycles. The zero-order valence-electron chi connectivity index (χ0n) is 10.1. The molecular formula is C12H14FN3OS. The Hall–Kier alpha value is -1.53. The number of nitrogens with one attached hydrogen (secondary N) is 1. The predicted octanol–water partition coefficient (Wildman–Crippen LogP) is 2.49. The maximum absolute atomic E-state index is 13.6. The lowest BCUT2D eigenvalue weighted by molar-refractivity contribution is 0.263. The van der Waals surface area contributed by atoms with Gasteiger partial charge in [0.05, 0.1) is 6.04 Å². The molecule has 96 valence electrons. The van der Waals surface area contributed by atoms with Gasteiger partial charge in [-0.2, -0.15) is 5.10 Å². The Kier molecular flexibility index (Phi) is 3.58. The van der Waals surface area contributed by atoms with Crippen LogP contribution >= 0.6 is 12.2 Å². The van der Waals surface area contributed by atoms with Crippen LogP contribution in [0.5, 0.6) is 0 Å². The van der Waals surface area contributed by atoms with E-state index in [9.17, 15) is 9.50 Å². The number of H-pyrrole nitrogens is 1. The van der Waals surface area contributed by atoms with Crippen molar-refractivity contribution in [2.45, 2.75) is 26.5 Å². The molecule has 1 aromatic carbocycles. The number of aromatic amines is 1. The summed E-state index contributed by atoms with van der Waals surface area (Å²) in [7, 11) is 0. The van der Waals surface area contributed by atoms with E-state index < -0.39 is 0 Å². The highest BCUT2D eigenvalue weighted by molar-refractivity contribution is 7.71. The third-order valence-corrected chi connectivity index (χ3v) is 3.27. The Balaban J connectivity index is 2.47. The fraction of sp³-hybridized carbons (Fsp3) is 0.333. The molecule has 18 heavy (non-hydrogen) atoms. The minimum Gasteiger partial charge on any atom is -0.388 e. The average molecular weight is 267 g/mol. The highest BCUT2D eigenvalue weighted by Gasteiger charge is 2.15. The van der Waals surface area contributed by atoms with Gasteiger partial charge < -0.3 is 5.11 Å². The molecule has 0 spiro atoms. The van der Waals surface area contributed by atoms with Gasteiger partial charge in [-0.1, -0.05) is 12.1 Å². The molecule has 0 amide bonds. The van der Waals surface area contributed by atoms with Gasteiger partial charge >= 0.3 is 0 Å². The van der Waals surface area contributed by atoms with E-state index in [-0.39, 0.29) is 18.5 Å². The van der Waals surface area contributed by atoms with Gasteiger partial charge in [0, 0.05) is 0 Å².